The number of carbonyl (C=O) groups is 3. The number of nitrogens with one attached hydrogen (secondary N) is 1. The highest BCUT2D eigenvalue weighted by molar-refractivity contribution is 6.36. The number of anilines is 1. The van der Waals surface area contributed by atoms with Gasteiger partial charge in [0.05, 0.1) is 17.7 Å². The highest BCUT2D eigenvalue weighted by atomic mass is 35.5. The van der Waals surface area contributed by atoms with Crippen molar-refractivity contribution < 1.29 is 23.5 Å². The molecule has 0 unspecified atom stereocenters. The minimum absolute atomic E-state index is 0.198. The molecule has 3 aromatic carbocycles. The van der Waals surface area contributed by atoms with Crippen molar-refractivity contribution in [2.45, 2.75) is 25.7 Å². The Kier molecular flexibility index (Phi) is 10.4. The number of rotatable bonds is 12. The van der Waals surface area contributed by atoms with E-state index < -0.39 is 11.3 Å². The van der Waals surface area contributed by atoms with Crippen LogP contribution in [0.2, 0.25) is 10.0 Å². The molecule has 246 valence electrons. The summed E-state index contributed by atoms with van der Waals surface area (Å²) in [4.78, 5) is 39.5. The summed E-state index contributed by atoms with van der Waals surface area (Å²) in [7, 11) is 1.82. The molecular weight excluding hydrogens is 644 g/mol. The SMILES string of the molecule is Cn1c(C(=O)N2CCC(CNc3cccc(F)c3)(C(N)=O)CC2)cc(-c2ccc(Cl)cc2Cl)c1-c1ccc(OCCCC(N)=O)cc1. The molecule has 3 amide bonds. The molecule has 0 saturated carbocycles. The number of nitrogens with two attached hydrogens (primary N) is 2. The van der Waals surface area contributed by atoms with Crippen LogP contribution >= 0.6 is 23.2 Å². The molecule has 12 heteroatoms. The molecule has 0 aliphatic carbocycles. The van der Waals surface area contributed by atoms with Crippen LogP contribution in [-0.2, 0) is 16.6 Å². The van der Waals surface area contributed by atoms with Crippen molar-refractivity contribution in [2.75, 3.05) is 31.6 Å². The van der Waals surface area contributed by atoms with Gasteiger partial charge in [-0.25, -0.2) is 4.39 Å². The van der Waals surface area contributed by atoms with E-state index in [0.717, 1.165) is 16.8 Å². The van der Waals surface area contributed by atoms with E-state index in [-0.39, 0.29) is 30.6 Å². The molecule has 0 atom stereocenters. The highest BCUT2D eigenvalue weighted by Crippen LogP contribution is 2.40. The zero-order valence-corrected chi connectivity index (χ0v) is 27.4. The van der Waals surface area contributed by atoms with Gasteiger partial charge in [-0.2, -0.15) is 0 Å². The van der Waals surface area contributed by atoms with Gasteiger partial charge in [0.1, 0.15) is 17.3 Å². The number of primary amides is 2. The largest absolute Gasteiger partial charge is 0.494 e. The van der Waals surface area contributed by atoms with E-state index in [1.165, 1.54) is 12.1 Å². The molecule has 5 N–H and O–H groups in total. The summed E-state index contributed by atoms with van der Waals surface area (Å²) in [5.41, 5.74) is 14.2. The fourth-order valence-corrected chi connectivity index (χ4v) is 6.41. The second kappa shape index (κ2) is 14.5. The number of aromatic nitrogens is 1. The number of hydrogen-bond acceptors (Lipinski definition) is 5. The first-order chi connectivity index (χ1) is 22.5. The normalized spacial score (nSPS) is 14.1. The lowest BCUT2D eigenvalue weighted by Gasteiger charge is -2.40. The van der Waals surface area contributed by atoms with Crippen LogP contribution < -0.4 is 21.5 Å². The molecular formula is C35H36Cl2FN5O4. The number of nitrogens with zero attached hydrogens (tertiary/aromatic N) is 2. The zero-order chi connectivity index (χ0) is 33.7. The quantitative estimate of drug-likeness (QED) is 0.152. The minimum Gasteiger partial charge on any atom is -0.494 e. The van der Waals surface area contributed by atoms with Gasteiger partial charge in [0.2, 0.25) is 11.8 Å². The molecule has 1 saturated heterocycles. The molecule has 5 rings (SSSR count). The molecule has 0 spiro atoms. The fraction of sp³-hybridized carbons (Fsp3) is 0.286. The summed E-state index contributed by atoms with van der Waals surface area (Å²) in [6, 6.07) is 20.5. The van der Waals surface area contributed by atoms with Gasteiger partial charge in [-0.1, -0.05) is 35.3 Å². The van der Waals surface area contributed by atoms with Crippen LogP contribution in [0.3, 0.4) is 0 Å². The van der Waals surface area contributed by atoms with Crippen LogP contribution in [0, 0.1) is 11.2 Å². The summed E-state index contributed by atoms with van der Waals surface area (Å²) < 4.78 is 21.3. The Morgan fingerprint density at radius 1 is 0.957 bits per heavy atom. The highest BCUT2D eigenvalue weighted by Gasteiger charge is 2.41. The maximum absolute atomic E-state index is 14.1. The van der Waals surface area contributed by atoms with Crippen molar-refractivity contribution >= 4 is 46.6 Å². The van der Waals surface area contributed by atoms with Crippen LogP contribution in [0.1, 0.15) is 36.2 Å². The third-order valence-electron chi connectivity index (χ3n) is 8.62. The summed E-state index contributed by atoms with van der Waals surface area (Å²) in [6.07, 6.45) is 1.46. The third-order valence-corrected chi connectivity index (χ3v) is 9.17. The van der Waals surface area contributed by atoms with E-state index in [9.17, 15) is 18.8 Å². The second-order valence-electron chi connectivity index (χ2n) is 11.7. The molecule has 0 radical (unpaired) electrons. The minimum atomic E-state index is -0.895. The number of benzene rings is 3. The maximum atomic E-state index is 14.1. The summed E-state index contributed by atoms with van der Waals surface area (Å²) in [5.74, 6) is -0.787. The number of amides is 3. The van der Waals surface area contributed by atoms with Crippen LogP contribution in [0.4, 0.5) is 10.1 Å². The Bertz CT molecular complexity index is 1790. The average Bonchev–Trinajstić information content (AvgIpc) is 3.38. The van der Waals surface area contributed by atoms with E-state index >= 15 is 0 Å². The first-order valence-corrected chi connectivity index (χ1v) is 16.0. The number of carbonyl (C=O) groups excluding carboxylic acids is 3. The Hall–Kier alpha value is -4.54. The molecule has 2 heterocycles. The molecule has 4 aromatic rings. The van der Waals surface area contributed by atoms with Gasteiger partial charge in [-0.15, -0.1) is 0 Å². The van der Waals surface area contributed by atoms with Crippen molar-refractivity contribution in [2.24, 2.45) is 23.9 Å². The van der Waals surface area contributed by atoms with Crippen molar-refractivity contribution in [1.82, 2.24) is 9.47 Å². The van der Waals surface area contributed by atoms with Crippen molar-refractivity contribution in [1.29, 1.82) is 0 Å². The predicted molar refractivity (Wildman–Crippen MR) is 182 cm³/mol. The van der Waals surface area contributed by atoms with Gasteiger partial charge in [0.25, 0.3) is 5.91 Å². The summed E-state index contributed by atoms with van der Waals surface area (Å²) >= 11 is 12.9. The second-order valence-corrected chi connectivity index (χ2v) is 12.6. The van der Waals surface area contributed by atoms with E-state index in [4.69, 9.17) is 39.4 Å². The maximum Gasteiger partial charge on any atom is 0.270 e. The Balaban J connectivity index is 1.39. The molecule has 47 heavy (non-hydrogen) atoms. The summed E-state index contributed by atoms with van der Waals surface area (Å²) in [5, 5.41) is 4.07. The van der Waals surface area contributed by atoms with Gasteiger partial charge in [0.15, 0.2) is 0 Å². The van der Waals surface area contributed by atoms with Crippen LogP contribution in [-0.4, -0.2) is 53.4 Å². The first-order valence-electron chi connectivity index (χ1n) is 15.2. The number of ether oxygens (including phenoxy) is 1. The predicted octanol–water partition coefficient (Wildman–Crippen LogP) is 6.27. The standard InChI is InChI=1S/C35H36Cl2FN5O4/c1-42-30(33(45)43-15-13-35(14-16-43,34(40)46)21-41-25-5-2-4-24(38)19-25)20-28(27-12-9-23(36)18-29(27)37)32(42)22-7-10-26(11-8-22)47-17-3-6-31(39)44/h2,4-5,7-12,18-20,41H,3,6,13-17,21H2,1H3,(H2,39,44)(H2,40,46). The van der Waals surface area contributed by atoms with Gasteiger partial charge >= 0.3 is 0 Å². The van der Waals surface area contributed by atoms with Crippen molar-refractivity contribution in [3.05, 3.63) is 94.4 Å². The Morgan fingerprint density at radius 3 is 2.32 bits per heavy atom. The molecule has 0 bridgehead atoms. The van der Waals surface area contributed by atoms with Gasteiger partial charge in [0, 0.05) is 60.0 Å². The molecule has 9 nitrogen and oxygen atoms in total. The lowest BCUT2D eigenvalue weighted by atomic mass is 9.77. The monoisotopic (exact) mass is 679 g/mol. The lowest BCUT2D eigenvalue weighted by molar-refractivity contribution is -0.129. The number of halogens is 3. The van der Waals surface area contributed by atoms with Gasteiger partial charge in [-0.3, -0.25) is 14.4 Å². The Labute approximate surface area is 282 Å². The van der Waals surface area contributed by atoms with Crippen LogP contribution in [0.25, 0.3) is 22.4 Å². The Morgan fingerprint density at radius 2 is 1.68 bits per heavy atom. The molecule has 1 aliphatic heterocycles. The lowest BCUT2D eigenvalue weighted by Crippen LogP contribution is -2.52. The summed E-state index contributed by atoms with van der Waals surface area (Å²) in [6.45, 7) is 1.20. The third kappa shape index (κ3) is 7.72. The van der Waals surface area contributed by atoms with Crippen LogP contribution in [0.15, 0.2) is 72.8 Å². The number of likely N-dealkylation sites (tertiary alicyclic amines) is 1. The number of hydrogen-bond donors (Lipinski definition) is 3. The van der Waals surface area contributed by atoms with Crippen molar-refractivity contribution in [3.8, 4) is 28.1 Å². The van der Waals surface area contributed by atoms with E-state index in [0.29, 0.717) is 71.7 Å². The van der Waals surface area contributed by atoms with E-state index in [2.05, 4.69) is 5.32 Å². The average molecular weight is 681 g/mol. The number of piperidine rings is 1. The smallest absolute Gasteiger partial charge is 0.270 e. The topological polar surface area (TPSA) is 133 Å². The molecule has 1 aromatic heterocycles. The molecule has 1 aliphatic rings. The van der Waals surface area contributed by atoms with E-state index in [1.54, 1.807) is 29.2 Å². The first kappa shape index (κ1) is 33.8. The molecule has 1 fully saturated rings. The van der Waals surface area contributed by atoms with Gasteiger partial charge in [-0.05, 0) is 85.5 Å². The van der Waals surface area contributed by atoms with Crippen molar-refractivity contribution in [3.63, 3.8) is 0 Å². The van der Waals surface area contributed by atoms with E-state index in [1.807, 2.05) is 48.0 Å². The van der Waals surface area contributed by atoms with Gasteiger partial charge < -0.3 is 31.0 Å². The fourth-order valence-electron chi connectivity index (χ4n) is 5.90. The van der Waals surface area contributed by atoms with Crippen LogP contribution in [0.5, 0.6) is 5.75 Å². The zero-order valence-electron chi connectivity index (χ0n) is 25.9.